The molecule has 1 atom stereocenters. The van der Waals surface area contributed by atoms with E-state index in [1.54, 1.807) is 6.92 Å². The first-order chi connectivity index (χ1) is 6.84. The minimum absolute atomic E-state index is 0.332. The van der Waals surface area contributed by atoms with Crippen LogP contribution in [0.3, 0.4) is 0 Å². The Balaban J connectivity index is 2.78. The summed E-state index contributed by atoms with van der Waals surface area (Å²) < 4.78 is 27.6. The number of nitrogens with two attached hydrogens (primary N) is 1. The molecule has 0 unspecified atom stereocenters. The van der Waals surface area contributed by atoms with Crippen LogP contribution in [0.5, 0.6) is 0 Å². The van der Waals surface area contributed by atoms with Crippen molar-refractivity contribution in [3.8, 4) is 0 Å². The Kier molecular flexibility index (Phi) is 2.12. The molecule has 0 amide bonds. The highest BCUT2D eigenvalue weighted by atomic mass is 19.1. The number of fused-ring (bicyclic) bond motifs is 1. The van der Waals surface area contributed by atoms with Crippen LogP contribution >= 0.6 is 0 Å². The van der Waals surface area contributed by atoms with E-state index in [-0.39, 0.29) is 23.1 Å². The van der Waals surface area contributed by atoms with Gasteiger partial charge in [-0.1, -0.05) is 13.8 Å². The fourth-order valence-corrected chi connectivity index (χ4v) is 2.57. The van der Waals surface area contributed by atoms with Gasteiger partial charge in [0.25, 0.3) is 0 Å². The Morgan fingerprint density at radius 1 is 1.40 bits per heavy atom. The van der Waals surface area contributed by atoms with Gasteiger partial charge in [-0.15, -0.1) is 0 Å². The molecule has 0 fully saturated rings. The first-order valence-corrected chi connectivity index (χ1v) is 5.09. The van der Waals surface area contributed by atoms with Gasteiger partial charge in [0, 0.05) is 17.2 Å². The van der Waals surface area contributed by atoms with Crippen molar-refractivity contribution in [3.63, 3.8) is 0 Å². The van der Waals surface area contributed by atoms with E-state index < -0.39 is 0 Å². The molecule has 3 heteroatoms. The summed E-state index contributed by atoms with van der Waals surface area (Å²) in [6, 6.07) is 0.873. The van der Waals surface area contributed by atoms with Crippen molar-refractivity contribution in [2.45, 2.75) is 38.6 Å². The van der Waals surface area contributed by atoms with E-state index in [1.807, 2.05) is 13.8 Å². The summed E-state index contributed by atoms with van der Waals surface area (Å²) in [6.07, 6.45) is 0.597. The standard InChI is InChI=1S/C12H15F2N/c1-6-4-7(13)10-9(11(6)14)8(15)5-12(10,2)3/h4,8H,5,15H2,1-3H3/t8-/m1/s1. The minimum atomic E-state index is -0.385. The summed E-state index contributed by atoms with van der Waals surface area (Å²) in [5.41, 5.74) is 6.65. The lowest BCUT2D eigenvalue weighted by Crippen LogP contribution is -2.15. The second-order valence-corrected chi connectivity index (χ2v) is 4.97. The van der Waals surface area contributed by atoms with Gasteiger partial charge in [-0.2, -0.15) is 0 Å². The molecule has 0 saturated carbocycles. The van der Waals surface area contributed by atoms with Gasteiger partial charge in [0.1, 0.15) is 11.6 Å². The maximum absolute atomic E-state index is 13.8. The van der Waals surface area contributed by atoms with Crippen molar-refractivity contribution in [2.75, 3.05) is 0 Å². The maximum Gasteiger partial charge on any atom is 0.131 e. The normalized spacial score (nSPS) is 22.9. The van der Waals surface area contributed by atoms with Crippen molar-refractivity contribution in [2.24, 2.45) is 5.73 Å². The Bertz CT molecular complexity index is 424. The van der Waals surface area contributed by atoms with Crippen LogP contribution in [-0.4, -0.2) is 0 Å². The third-order valence-corrected chi connectivity index (χ3v) is 3.21. The third-order valence-electron chi connectivity index (χ3n) is 3.21. The minimum Gasteiger partial charge on any atom is -0.324 e. The van der Waals surface area contributed by atoms with E-state index in [0.717, 1.165) is 0 Å². The highest BCUT2D eigenvalue weighted by Gasteiger charge is 2.40. The molecular formula is C12H15F2N. The van der Waals surface area contributed by atoms with Crippen molar-refractivity contribution >= 4 is 0 Å². The number of hydrogen-bond donors (Lipinski definition) is 1. The predicted molar refractivity (Wildman–Crippen MR) is 55.7 cm³/mol. The highest BCUT2D eigenvalue weighted by Crippen LogP contribution is 2.46. The average Bonchev–Trinajstić information content (AvgIpc) is 2.32. The lowest BCUT2D eigenvalue weighted by molar-refractivity contribution is 0.461. The van der Waals surface area contributed by atoms with Crippen LogP contribution in [-0.2, 0) is 5.41 Å². The van der Waals surface area contributed by atoms with E-state index in [0.29, 0.717) is 23.1 Å². The molecule has 1 nitrogen and oxygen atoms in total. The van der Waals surface area contributed by atoms with Crippen LogP contribution in [0.2, 0.25) is 0 Å². The summed E-state index contributed by atoms with van der Waals surface area (Å²) >= 11 is 0. The molecule has 2 rings (SSSR count). The van der Waals surface area contributed by atoms with E-state index >= 15 is 0 Å². The molecule has 0 aromatic heterocycles. The molecule has 1 aromatic rings. The number of halogens is 2. The highest BCUT2D eigenvalue weighted by molar-refractivity contribution is 5.45. The van der Waals surface area contributed by atoms with Gasteiger partial charge in [0.15, 0.2) is 0 Å². The van der Waals surface area contributed by atoms with Gasteiger partial charge < -0.3 is 5.73 Å². The lowest BCUT2D eigenvalue weighted by atomic mass is 9.85. The van der Waals surface area contributed by atoms with E-state index in [9.17, 15) is 8.78 Å². The van der Waals surface area contributed by atoms with Crippen molar-refractivity contribution in [1.82, 2.24) is 0 Å². The lowest BCUT2D eigenvalue weighted by Gasteiger charge is -2.19. The zero-order valence-electron chi connectivity index (χ0n) is 9.20. The van der Waals surface area contributed by atoms with Gasteiger partial charge in [-0.05, 0) is 30.4 Å². The fraction of sp³-hybridized carbons (Fsp3) is 0.500. The average molecular weight is 211 g/mol. The first kappa shape index (κ1) is 10.6. The molecule has 2 N–H and O–H groups in total. The maximum atomic E-state index is 13.8. The van der Waals surface area contributed by atoms with E-state index in [2.05, 4.69) is 0 Å². The largest absolute Gasteiger partial charge is 0.324 e. The monoisotopic (exact) mass is 211 g/mol. The van der Waals surface area contributed by atoms with Crippen molar-refractivity contribution in [3.05, 3.63) is 34.4 Å². The number of rotatable bonds is 0. The van der Waals surface area contributed by atoms with Gasteiger partial charge in [0.05, 0.1) is 0 Å². The van der Waals surface area contributed by atoms with Gasteiger partial charge in [0.2, 0.25) is 0 Å². The Hall–Kier alpha value is -0.960. The summed E-state index contributed by atoms with van der Waals surface area (Å²) in [7, 11) is 0. The van der Waals surface area contributed by atoms with Crippen LogP contribution in [0.25, 0.3) is 0 Å². The summed E-state index contributed by atoms with van der Waals surface area (Å²) in [5, 5.41) is 0. The number of aryl methyl sites for hydroxylation is 1. The van der Waals surface area contributed by atoms with E-state index in [1.165, 1.54) is 6.07 Å². The van der Waals surface area contributed by atoms with Gasteiger partial charge in [-0.3, -0.25) is 0 Å². The number of benzene rings is 1. The summed E-state index contributed by atoms with van der Waals surface area (Å²) in [4.78, 5) is 0. The second kappa shape index (κ2) is 3.01. The molecule has 0 aliphatic heterocycles. The molecule has 82 valence electrons. The van der Waals surface area contributed by atoms with Crippen molar-refractivity contribution < 1.29 is 8.78 Å². The molecule has 0 saturated heterocycles. The zero-order chi connectivity index (χ0) is 11.4. The molecule has 1 aromatic carbocycles. The van der Waals surface area contributed by atoms with Crippen LogP contribution < -0.4 is 5.73 Å². The molecule has 0 heterocycles. The first-order valence-electron chi connectivity index (χ1n) is 5.09. The fourth-order valence-electron chi connectivity index (χ4n) is 2.57. The topological polar surface area (TPSA) is 26.0 Å². The molecule has 0 radical (unpaired) electrons. The van der Waals surface area contributed by atoms with Crippen LogP contribution in [0.15, 0.2) is 6.07 Å². The molecule has 1 aliphatic rings. The molecular weight excluding hydrogens is 196 g/mol. The Morgan fingerprint density at radius 2 is 2.00 bits per heavy atom. The summed E-state index contributed by atoms with van der Waals surface area (Å²) in [6.45, 7) is 5.36. The molecule has 1 aliphatic carbocycles. The summed E-state index contributed by atoms with van der Waals surface area (Å²) in [5.74, 6) is -0.675. The molecule has 0 spiro atoms. The third kappa shape index (κ3) is 1.37. The zero-order valence-corrected chi connectivity index (χ0v) is 9.20. The van der Waals surface area contributed by atoms with Gasteiger partial charge >= 0.3 is 0 Å². The van der Waals surface area contributed by atoms with Crippen LogP contribution in [0.1, 0.15) is 43.0 Å². The van der Waals surface area contributed by atoms with Crippen molar-refractivity contribution in [1.29, 1.82) is 0 Å². The quantitative estimate of drug-likeness (QED) is 0.701. The molecule has 0 bridgehead atoms. The predicted octanol–water partition coefficient (Wildman–Crippen LogP) is 2.95. The smallest absolute Gasteiger partial charge is 0.131 e. The molecule has 15 heavy (non-hydrogen) atoms. The van der Waals surface area contributed by atoms with Crippen LogP contribution in [0, 0.1) is 18.6 Å². The SMILES string of the molecule is Cc1cc(F)c2c(c1F)[C@H](N)CC2(C)C. The number of hydrogen-bond acceptors (Lipinski definition) is 1. The van der Waals surface area contributed by atoms with Gasteiger partial charge in [-0.25, -0.2) is 8.78 Å². The Labute approximate surface area is 88.3 Å². The van der Waals surface area contributed by atoms with E-state index in [4.69, 9.17) is 5.73 Å². The van der Waals surface area contributed by atoms with Crippen LogP contribution in [0.4, 0.5) is 8.78 Å². The second-order valence-electron chi connectivity index (χ2n) is 4.97. The Morgan fingerprint density at radius 3 is 2.60 bits per heavy atom.